The van der Waals surface area contributed by atoms with E-state index in [4.69, 9.17) is 5.73 Å². The molecule has 0 aromatic rings. The van der Waals surface area contributed by atoms with E-state index >= 15 is 0 Å². The zero-order valence-corrected chi connectivity index (χ0v) is 9.05. The summed E-state index contributed by atoms with van der Waals surface area (Å²) in [5, 5.41) is 0. The van der Waals surface area contributed by atoms with Crippen LogP contribution in [0, 0.1) is 0 Å². The molecule has 4 nitrogen and oxygen atoms in total. The molecule has 0 heterocycles. The first-order valence-electron chi connectivity index (χ1n) is 4.22. The Morgan fingerprint density at radius 2 is 2.15 bits per heavy atom. The number of hydrogen-bond donors (Lipinski definition) is 1. The summed E-state index contributed by atoms with van der Waals surface area (Å²) in [6.07, 6.45) is 2.07. The quantitative estimate of drug-likeness (QED) is 0.630. The number of rotatable bonds is 6. The molecule has 0 aliphatic heterocycles. The van der Waals surface area contributed by atoms with E-state index in [-0.39, 0.29) is 11.8 Å². The smallest absolute Gasteiger partial charge is 0.214 e. The van der Waals surface area contributed by atoms with Crippen LogP contribution in [0.1, 0.15) is 13.3 Å². The van der Waals surface area contributed by atoms with Crippen LogP contribution in [-0.2, 0) is 10.0 Å². The predicted octanol–water partition coefficient (Wildman–Crippen LogP) is 0.171. The molecule has 2 N–H and O–H groups in total. The van der Waals surface area contributed by atoms with Crippen molar-refractivity contribution in [2.45, 2.75) is 19.4 Å². The fourth-order valence-electron chi connectivity index (χ4n) is 0.799. The first-order valence-corrected chi connectivity index (χ1v) is 5.83. The van der Waals surface area contributed by atoms with Gasteiger partial charge < -0.3 is 5.73 Å². The number of allylic oxidation sites excluding steroid dienone is 1. The predicted molar refractivity (Wildman–Crippen MR) is 54.9 cm³/mol. The molecule has 13 heavy (non-hydrogen) atoms. The van der Waals surface area contributed by atoms with Crippen LogP contribution in [0.15, 0.2) is 12.7 Å². The van der Waals surface area contributed by atoms with Gasteiger partial charge in [0.05, 0.1) is 5.75 Å². The highest BCUT2D eigenvalue weighted by molar-refractivity contribution is 7.89. The van der Waals surface area contributed by atoms with Gasteiger partial charge in [0.25, 0.3) is 0 Å². The van der Waals surface area contributed by atoms with E-state index in [1.165, 1.54) is 4.31 Å². The standard InChI is InChI=1S/C8H18N2O2S/c1-4-5-6-13(11,12)10(3)8(2)7-9/h4,8H,1,5-7,9H2,2-3H3/t8-/m0/s1. The van der Waals surface area contributed by atoms with E-state index in [1.54, 1.807) is 20.0 Å². The van der Waals surface area contributed by atoms with E-state index in [2.05, 4.69) is 6.58 Å². The maximum Gasteiger partial charge on any atom is 0.214 e. The van der Waals surface area contributed by atoms with Crippen molar-refractivity contribution in [3.8, 4) is 0 Å². The summed E-state index contributed by atoms with van der Waals surface area (Å²) < 4.78 is 24.3. The Morgan fingerprint density at radius 3 is 2.54 bits per heavy atom. The minimum atomic E-state index is -3.15. The van der Waals surface area contributed by atoms with Gasteiger partial charge >= 0.3 is 0 Å². The normalized spacial score (nSPS) is 14.5. The molecule has 0 amide bonds. The van der Waals surface area contributed by atoms with Gasteiger partial charge in [-0.05, 0) is 13.3 Å². The highest BCUT2D eigenvalue weighted by atomic mass is 32.2. The van der Waals surface area contributed by atoms with Crippen LogP contribution >= 0.6 is 0 Å². The van der Waals surface area contributed by atoms with Gasteiger partial charge in [-0.25, -0.2) is 12.7 Å². The van der Waals surface area contributed by atoms with Gasteiger partial charge in [-0.2, -0.15) is 0 Å². The van der Waals surface area contributed by atoms with Crippen molar-refractivity contribution in [1.82, 2.24) is 4.31 Å². The third-order valence-corrected chi connectivity index (χ3v) is 3.97. The molecule has 0 unspecified atom stereocenters. The summed E-state index contributed by atoms with van der Waals surface area (Å²) in [6.45, 7) is 5.60. The van der Waals surface area contributed by atoms with Crippen molar-refractivity contribution >= 4 is 10.0 Å². The third-order valence-electron chi connectivity index (χ3n) is 1.98. The Balaban J connectivity index is 4.35. The molecule has 0 aromatic heterocycles. The Morgan fingerprint density at radius 1 is 1.62 bits per heavy atom. The van der Waals surface area contributed by atoms with Gasteiger partial charge in [-0.1, -0.05) is 6.08 Å². The Bertz CT molecular complexity index is 249. The van der Waals surface area contributed by atoms with Crippen molar-refractivity contribution in [2.24, 2.45) is 5.73 Å². The van der Waals surface area contributed by atoms with Gasteiger partial charge in [-0.15, -0.1) is 6.58 Å². The van der Waals surface area contributed by atoms with E-state index in [0.717, 1.165) is 0 Å². The fourth-order valence-corrected chi connectivity index (χ4v) is 2.19. The van der Waals surface area contributed by atoms with Crippen LogP contribution in [0.2, 0.25) is 0 Å². The van der Waals surface area contributed by atoms with Crippen LogP contribution in [0.3, 0.4) is 0 Å². The SMILES string of the molecule is C=CCCS(=O)(=O)N(C)[C@@H](C)CN. The molecule has 0 aliphatic carbocycles. The Hall–Kier alpha value is -0.390. The van der Waals surface area contributed by atoms with E-state index in [9.17, 15) is 8.42 Å². The molecular formula is C8H18N2O2S. The summed E-state index contributed by atoms with van der Waals surface area (Å²) in [4.78, 5) is 0. The summed E-state index contributed by atoms with van der Waals surface area (Å²) in [6, 6.07) is -0.144. The molecule has 5 heteroatoms. The maximum absolute atomic E-state index is 11.5. The first-order chi connectivity index (χ1) is 5.95. The average molecular weight is 206 g/mol. The second kappa shape index (κ2) is 5.36. The Kier molecular flexibility index (Phi) is 5.20. The lowest BCUT2D eigenvalue weighted by molar-refractivity contribution is 0.394. The van der Waals surface area contributed by atoms with Crippen LogP contribution < -0.4 is 5.73 Å². The lowest BCUT2D eigenvalue weighted by Gasteiger charge is -2.22. The van der Waals surface area contributed by atoms with Gasteiger partial charge in [0.1, 0.15) is 0 Å². The third kappa shape index (κ3) is 3.89. The van der Waals surface area contributed by atoms with E-state index in [0.29, 0.717) is 13.0 Å². The second-order valence-corrected chi connectivity index (χ2v) is 5.14. The molecule has 0 spiro atoms. The van der Waals surface area contributed by atoms with Crippen molar-refractivity contribution in [1.29, 1.82) is 0 Å². The maximum atomic E-state index is 11.5. The van der Waals surface area contributed by atoms with Crippen LogP contribution in [-0.4, -0.2) is 38.1 Å². The number of likely N-dealkylation sites (N-methyl/N-ethyl adjacent to an activating group) is 1. The molecule has 0 aromatic carbocycles. The molecule has 0 saturated carbocycles. The number of sulfonamides is 1. The molecular weight excluding hydrogens is 188 g/mol. The molecule has 0 radical (unpaired) electrons. The zero-order valence-electron chi connectivity index (χ0n) is 8.23. The molecule has 0 aliphatic rings. The van der Waals surface area contributed by atoms with Crippen molar-refractivity contribution in [3.05, 3.63) is 12.7 Å². The van der Waals surface area contributed by atoms with Gasteiger partial charge in [-0.3, -0.25) is 0 Å². The molecule has 78 valence electrons. The van der Waals surface area contributed by atoms with Gasteiger partial charge in [0.2, 0.25) is 10.0 Å². The lowest BCUT2D eigenvalue weighted by Crippen LogP contribution is -2.40. The van der Waals surface area contributed by atoms with Crippen LogP contribution in [0.4, 0.5) is 0 Å². The first kappa shape index (κ1) is 12.6. The fraction of sp³-hybridized carbons (Fsp3) is 0.750. The van der Waals surface area contributed by atoms with Crippen molar-refractivity contribution in [2.75, 3.05) is 19.3 Å². The highest BCUT2D eigenvalue weighted by Gasteiger charge is 2.20. The van der Waals surface area contributed by atoms with E-state index in [1.807, 2.05) is 0 Å². The number of nitrogens with two attached hydrogens (primary N) is 1. The summed E-state index contributed by atoms with van der Waals surface area (Å²) >= 11 is 0. The van der Waals surface area contributed by atoms with E-state index < -0.39 is 10.0 Å². The largest absolute Gasteiger partial charge is 0.329 e. The molecule has 0 bridgehead atoms. The van der Waals surface area contributed by atoms with Crippen molar-refractivity contribution < 1.29 is 8.42 Å². The summed E-state index contributed by atoms with van der Waals surface area (Å²) in [7, 11) is -1.60. The topological polar surface area (TPSA) is 63.4 Å². The molecule has 0 fully saturated rings. The Labute approximate surface area is 80.5 Å². The van der Waals surface area contributed by atoms with Crippen LogP contribution in [0.25, 0.3) is 0 Å². The summed E-state index contributed by atoms with van der Waals surface area (Å²) in [5.41, 5.74) is 5.37. The monoisotopic (exact) mass is 206 g/mol. The minimum Gasteiger partial charge on any atom is -0.329 e. The molecule has 1 atom stereocenters. The average Bonchev–Trinajstić information content (AvgIpc) is 2.12. The number of nitrogens with zero attached hydrogens (tertiary/aromatic N) is 1. The molecule has 0 saturated heterocycles. The highest BCUT2D eigenvalue weighted by Crippen LogP contribution is 2.04. The van der Waals surface area contributed by atoms with Gasteiger partial charge in [0, 0.05) is 19.6 Å². The summed E-state index contributed by atoms with van der Waals surface area (Å²) in [5.74, 6) is 0.108. The number of hydrogen-bond acceptors (Lipinski definition) is 3. The van der Waals surface area contributed by atoms with Crippen LogP contribution in [0.5, 0.6) is 0 Å². The second-order valence-electron chi connectivity index (χ2n) is 2.99. The molecule has 0 rings (SSSR count). The lowest BCUT2D eigenvalue weighted by atomic mass is 10.4. The van der Waals surface area contributed by atoms with Crippen molar-refractivity contribution in [3.63, 3.8) is 0 Å². The minimum absolute atomic E-state index is 0.108. The zero-order chi connectivity index (χ0) is 10.5. The van der Waals surface area contributed by atoms with Gasteiger partial charge in [0.15, 0.2) is 0 Å².